The molecule has 0 saturated carbocycles. The molecule has 6 heteroatoms. The number of amides is 1. The van der Waals surface area contributed by atoms with Crippen LogP contribution in [0.4, 0.5) is 11.6 Å². The molecule has 0 unspecified atom stereocenters. The van der Waals surface area contributed by atoms with E-state index in [0.717, 1.165) is 37.2 Å². The van der Waals surface area contributed by atoms with Crippen molar-refractivity contribution in [3.05, 3.63) is 46.7 Å². The first kappa shape index (κ1) is 18.2. The number of benzene rings is 1. The maximum Gasteiger partial charge on any atom is 0.256 e. The van der Waals surface area contributed by atoms with Crippen LogP contribution in [0.1, 0.15) is 42.6 Å². The molecule has 1 aromatic heterocycles. The Hall–Kier alpha value is -2.14. The summed E-state index contributed by atoms with van der Waals surface area (Å²) in [5.74, 6) is 0.410. The standard InChI is InChI=1S/C18H23ClN4O/c1-4-8-23(9-5-2)17(24)14-11-20-18(21-12-14)22-15-7-6-13(3)16(19)10-15/h6-7,10-12H,4-5,8-9H2,1-3H3,(H,20,21,22). The quantitative estimate of drug-likeness (QED) is 0.805. The third-order valence-corrected chi connectivity index (χ3v) is 4.01. The lowest BCUT2D eigenvalue weighted by atomic mass is 10.2. The van der Waals surface area contributed by atoms with Gasteiger partial charge in [-0.1, -0.05) is 31.5 Å². The lowest BCUT2D eigenvalue weighted by Gasteiger charge is -2.21. The molecule has 2 rings (SSSR count). The van der Waals surface area contributed by atoms with Crippen molar-refractivity contribution < 1.29 is 4.79 Å². The third kappa shape index (κ3) is 4.68. The van der Waals surface area contributed by atoms with Gasteiger partial charge in [-0.25, -0.2) is 9.97 Å². The number of carbonyl (C=O) groups excluding carboxylic acids is 1. The summed E-state index contributed by atoms with van der Waals surface area (Å²) in [6.07, 6.45) is 4.98. The monoisotopic (exact) mass is 346 g/mol. The van der Waals surface area contributed by atoms with E-state index in [2.05, 4.69) is 29.1 Å². The second-order valence-electron chi connectivity index (χ2n) is 5.68. The lowest BCUT2D eigenvalue weighted by molar-refractivity contribution is 0.0755. The Morgan fingerprint density at radius 1 is 1.17 bits per heavy atom. The summed E-state index contributed by atoms with van der Waals surface area (Å²) >= 11 is 6.11. The van der Waals surface area contributed by atoms with Gasteiger partial charge in [-0.15, -0.1) is 0 Å². The molecule has 24 heavy (non-hydrogen) atoms. The molecule has 0 aliphatic rings. The minimum absolute atomic E-state index is 0.0244. The van der Waals surface area contributed by atoms with Crippen LogP contribution in [0.15, 0.2) is 30.6 Å². The van der Waals surface area contributed by atoms with Crippen molar-refractivity contribution in [1.29, 1.82) is 0 Å². The zero-order chi connectivity index (χ0) is 17.5. The van der Waals surface area contributed by atoms with Crippen molar-refractivity contribution in [3.63, 3.8) is 0 Å². The molecule has 0 aliphatic carbocycles. The molecular formula is C18H23ClN4O. The van der Waals surface area contributed by atoms with E-state index in [1.54, 1.807) is 12.4 Å². The average molecular weight is 347 g/mol. The van der Waals surface area contributed by atoms with Crippen LogP contribution < -0.4 is 5.32 Å². The van der Waals surface area contributed by atoms with Gasteiger partial charge in [-0.2, -0.15) is 0 Å². The van der Waals surface area contributed by atoms with Crippen molar-refractivity contribution in [3.8, 4) is 0 Å². The number of carbonyl (C=O) groups is 1. The molecule has 0 aliphatic heterocycles. The Kier molecular flexibility index (Phi) is 6.55. The van der Waals surface area contributed by atoms with Crippen molar-refractivity contribution in [1.82, 2.24) is 14.9 Å². The van der Waals surface area contributed by atoms with E-state index in [0.29, 0.717) is 16.5 Å². The molecule has 1 heterocycles. The van der Waals surface area contributed by atoms with Crippen LogP contribution in [0.5, 0.6) is 0 Å². The van der Waals surface area contributed by atoms with Gasteiger partial charge in [0.25, 0.3) is 5.91 Å². The molecular weight excluding hydrogens is 324 g/mol. The molecule has 0 radical (unpaired) electrons. The minimum Gasteiger partial charge on any atom is -0.339 e. The smallest absolute Gasteiger partial charge is 0.256 e. The van der Waals surface area contributed by atoms with Gasteiger partial charge in [0, 0.05) is 36.2 Å². The van der Waals surface area contributed by atoms with Crippen LogP contribution in [-0.2, 0) is 0 Å². The maximum absolute atomic E-state index is 12.5. The Balaban J connectivity index is 2.09. The molecule has 1 amide bonds. The number of nitrogens with one attached hydrogen (secondary N) is 1. The number of aryl methyl sites for hydroxylation is 1. The van der Waals surface area contributed by atoms with Gasteiger partial charge in [-0.3, -0.25) is 4.79 Å². The largest absolute Gasteiger partial charge is 0.339 e. The highest BCUT2D eigenvalue weighted by Gasteiger charge is 2.15. The Labute approximate surface area is 148 Å². The summed E-state index contributed by atoms with van der Waals surface area (Å²) in [4.78, 5) is 22.8. The van der Waals surface area contributed by atoms with E-state index in [4.69, 9.17) is 11.6 Å². The summed E-state index contributed by atoms with van der Waals surface area (Å²) in [7, 11) is 0. The SMILES string of the molecule is CCCN(CCC)C(=O)c1cnc(Nc2ccc(C)c(Cl)c2)nc1. The van der Waals surface area contributed by atoms with Gasteiger partial charge in [-0.05, 0) is 37.5 Å². The second-order valence-corrected chi connectivity index (χ2v) is 6.08. The van der Waals surface area contributed by atoms with Crippen LogP contribution in [0.3, 0.4) is 0 Å². The fourth-order valence-electron chi connectivity index (χ4n) is 2.34. The first-order valence-electron chi connectivity index (χ1n) is 8.19. The zero-order valence-corrected chi connectivity index (χ0v) is 15.1. The number of anilines is 2. The van der Waals surface area contributed by atoms with Gasteiger partial charge < -0.3 is 10.2 Å². The van der Waals surface area contributed by atoms with E-state index < -0.39 is 0 Å². The fraction of sp³-hybridized carbons (Fsp3) is 0.389. The highest BCUT2D eigenvalue weighted by Crippen LogP contribution is 2.21. The second kappa shape index (κ2) is 8.64. The molecule has 0 spiro atoms. The molecule has 1 N–H and O–H groups in total. The molecule has 1 aromatic carbocycles. The van der Waals surface area contributed by atoms with Crippen molar-refractivity contribution in [2.45, 2.75) is 33.6 Å². The summed E-state index contributed by atoms with van der Waals surface area (Å²) in [5.41, 5.74) is 2.32. The first-order valence-corrected chi connectivity index (χ1v) is 8.57. The molecule has 0 bridgehead atoms. The molecule has 0 saturated heterocycles. The molecule has 128 valence electrons. The zero-order valence-electron chi connectivity index (χ0n) is 14.3. The lowest BCUT2D eigenvalue weighted by Crippen LogP contribution is -2.32. The van der Waals surface area contributed by atoms with Crippen LogP contribution in [0.25, 0.3) is 0 Å². The highest BCUT2D eigenvalue weighted by atomic mass is 35.5. The molecule has 0 fully saturated rings. The summed E-state index contributed by atoms with van der Waals surface area (Å²) < 4.78 is 0. The number of aromatic nitrogens is 2. The van der Waals surface area contributed by atoms with Gasteiger partial charge in [0.1, 0.15) is 0 Å². The topological polar surface area (TPSA) is 58.1 Å². The van der Waals surface area contributed by atoms with E-state index in [1.807, 2.05) is 30.0 Å². The van der Waals surface area contributed by atoms with Gasteiger partial charge in [0.15, 0.2) is 0 Å². The Morgan fingerprint density at radius 3 is 2.33 bits per heavy atom. The van der Waals surface area contributed by atoms with E-state index in [9.17, 15) is 4.79 Å². The van der Waals surface area contributed by atoms with Gasteiger partial charge >= 0.3 is 0 Å². The van der Waals surface area contributed by atoms with E-state index >= 15 is 0 Å². The van der Waals surface area contributed by atoms with Gasteiger partial charge in [0.05, 0.1) is 5.56 Å². The Bertz CT molecular complexity index is 682. The number of hydrogen-bond donors (Lipinski definition) is 1. The number of hydrogen-bond acceptors (Lipinski definition) is 4. The Morgan fingerprint density at radius 2 is 1.79 bits per heavy atom. The highest BCUT2D eigenvalue weighted by molar-refractivity contribution is 6.31. The fourth-order valence-corrected chi connectivity index (χ4v) is 2.52. The van der Waals surface area contributed by atoms with Crippen LogP contribution in [-0.4, -0.2) is 33.9 Å². The normalized spacial score (nSPS) is 10.5. The van der Waals surface area contributed by atoms with Crippen molar-refractivity contribution in [2.24, 2.45) is 0 Å². The van der Waals surface area contributed by atoms with E-state index in [-0.39, 0.29) is 5.91 Å². The van der Waals surface area contributed by atoms with E-state index in [1.165, 1.54) is 0 Å². The first-order chi connectivity index (χ1) is 11.5. The summed E-state index contributed by atoms with van der Waals surface area (Å²) in [6.45, 7) is 7.56. The predicted molar refractivity (Wildman–Crippen MR) is 98.0 cm³/mol. The minimum atomic E-state index is -0.0244. The van der Waals surface area contributed by atoms with Crippen LogP contribution in [0.2, 0.25) is 5.02 Å². The molecule has 2 aromatic rings. The van der Waals surface area contributed by atoms with Crippen LogP contribution >= 0.6 is 11.6 Å². The number of nitrogens with zero attached hydrogens (tertiary/aromatic N) is 3. The summed E-state index contributed by atoms with van der Waals surface area (Å²) in [6, 6.07) is 5.66. The van der Waals surface area contributed by atoms with Crippen molar-refractivity contribution in [2.75, 3.05) is 18.4 Å². The van der Waals surface area contributed by atoms with Crippen LogP contribution in [0, 0.1) is 6.92 Å². The van der Waals surface area contributed by atoms with Crippen molar-refractivity contribution >= 4 is 29.1 Å². The molecule has 0 atom stereocenters. The summed E-state index contributed by atoms with van der Waals surface area (Å²) in [5, 5.41) is 3.77. The molecule has 5 nitrogen and oxygen atoms in total. The number of rotatable bonds is 7. The predicted octanol–water partition coefficient (Wildman–Crippen LogP) is 4.44. The average Bonchev–Trinajstić information content (AvgIpc) is 2.58. The maximum atomic E-state index is 12.5. The third-order valence-electron chi connectivity index (χ3n) is 3.60. The van der Waals surface area contributed by atoms with Gasteiger partial charge in [0.2, 0.25) is 5.95 Å². The number of halogens is 1.